The van der Waals surface area contributed by atoms with E-state index in [1.807, 2.05) is 0 Å². The number of likely N-dealkylation sites (tertiary alicyclic amines) is 1. The Bertz CT molecular complexity index is 2080. The van der Waals surface area contributed by atoms with Crippen molar-refractivity contribution in [2.75, 3.05) is 34.0 Å². The summed E-state index contributed by atoms with van der Waals surface area (Å²) in [6.07, 6.45) is -1.97. The first-order valence-electron chi connectivity index (χ1n) is 19.2. The first-order chi connectivity index (χ1) is 27.5. The van der Waals surface area contributed by atoms with Gasteiger partial charge in [-0.15, -0.1) is 0 Å². The number of rotatable bonds is 17. The third-order valence-corrected chi connectivity index (χ3v) is 13.1. The molecular formula is C39H52F3N5O11S. The third-order valence-electron chi connectivity index (χ3n) is 11.0. The fourth-order valence-corrected chi connectivity index (χ4v) is 8.02. The molecule has 3 N–H and O–H groups in total. The van der Waals surface area contributed by atoms with Gasteiger partial charge in [0.05, 0.1) is 31.2 Å². The Kier molecular flexibility index (Phi) is 13.1. The molecule has 3 fully saturated rings. The predicted octanol–water partition coefficient (Wildman–Crippen LogP) is 4.16. The smallest absolute Gasteiger partial charge is 0.427 e. The minimum atomic E-state index is -4.92. The summed E-state index contributed by atoms with van der Waals surface area (Å²) in [6, 6.07) is 2.25. The van der Waals surface area contributed by atoms with E-state index in [0.29, 0.717) is 55.6 Å². The lowest BCUT2D eigenvalue weighted by Gasteiger charge is -2.32. The van der Waals surface area contributed by atoms with E-state index in [-0.39, 0.29) is 31.9 Å². The van der Waals surface area contributed by atoms with Crippen molar-refractivity contribution in [3.8, 4) is 17.4 Å². The number of pyridine rings is 1. The van der Waals surface area contributed by atoms with E-state index in [1.54, 1.807) is 51.1 Å². The fraction of sp³-hybridized carbons (Fsp3) is 0.615. The Hall–Kier alpha value is -4.85. The number of ether oxygens (including phenoxy) is 5. The van der Waals surface area contributed by atoms with Crippen molar-refractivity contribution in [1.29, 1.82) is 0 Å². The highest BCUT2D eigenvalue weighted by molar-refractivity contribution is 7.91. The van der Waals surface area contributed by atoms with Crippen molar-refractivity contribution in [3.63, 3.8) is 0 Å². The first-order valence-corrected chi connectivity index (χ1v) is 20.6. The van der Waals surface area contributed by atoms with Gasteiger partial charge in [-0.25, -0.2) is 18.2 Å². The summed E-state index contributed by atoms with van der Waals surface area (Å²) in [5.41, 5.74) is -4.57. The zero-order valence-electron chi connectivity index (χ0n) is 34.2. The Balaban J connectivity index is 1.47. The van der Waals surface area contributed by atoms with Crippen LogP contribution in [0.2, 0.25) is 0 Å². The third kappa shape index (κ3) is 9.63. The van der Waals surface area contributed by atoms with Gasteiger partial charge >= 0.3 is 12.3 Å². The summed E-state index contributed by atoms with van der Waals surface area (Å²) in [4.78, 5) is 61.0. The van der Waals surface area contributed by atoms with Crippen LogP contribution in [0.4, 0.5) is 18.0 Å². The van der Waals surface area contributed by atoms with Gasteiger partial charge in [-0.1, -0.05) is 26.0 Å². The van der Waals surface area contributed by atoms with Gasteiger partial charge in [0.25, 0.3) is 5.91 Å². The number of carbonyl (C=O) groups excluding carboxylic acids is 4. The van der Waals surface area contributed by atoms with Crippen LogP contribution in [0.5, 0.6) is 17.4 Å². The van der Waals surface area contributed by atoms with Gasteiger partial charge in [0.15, 0.2) is 0 Å². The Labute approximate surface area is 340 Å². The first kappa shape index (κ1) is 45.2. The van der Waals surface area contributed by atoms with Gasteiger partial charge in [-0.2, -0.15) is 13.2 Å². The van der Waals surface area contributed by atoms with E-state index >= 15 is 0 Å². The summed E-state index contributed by atoms with van der Waals surface area (Å²) in [7, 11) is -1.06. The van der Waals surface area contributed by atoms with E-state index in [0.717, 1.165) is 4.90 Å². The topological polar surface area (TPSA) is 201 Å². The molecule has 0 bridgehead atoms. The molecule has 5 unspecified atom stereocenters. The average molecular weight is 856 g/mol. The molecule has 1 aromatic heterocycles. The average Bonchev–Trinajstić information content (AvgIpc) is 4.03. The van der Waals surface area contributed by atoms with E-state index in [4.69, 9.17) is 18.9 Å². The van der Waals surface area contributed by atoms with Crippen molar-refractivity contribution in [2.24, 2.45) is 11.8 Å². The number of aromatic nitrogens is 1. The standard InChI is InChI=1S/C39H52F3N5O11S/c1-9-10-23-19-38(23,34(50)46-59(52,53)37(6)13-14-37)45-31(48)28-18-25(21-47(28)33(49)30(22(2)3)44-35(51)58-36(4,5)39(40,41)42)57-32-26-12-11-24(55-8)17-27(26)29(20-43-32)56-16-15-54-7/h9-12,17,20,22-23,25,28,30H,13-16,18-19,21H2,1-8H3,(H,44,51)(H,45,48)(H,46,50). The Morgan fingerprint density at radius 1 is 1.08 bits per heavy atom. The van der Waals surface area contributed by atoms with Crippen LogP contribution < -0.4 is 29.6 Å². The maximum Gasteiger partial charge on any atom is 0.427 e. The lowest BCUT2D eigenvalue weighted by Crippen LogP contribution is -2.59. The normalized spacial score (nSPS) is 23.1. The highest BCUT2D eigenvalue weighted by Gasteiger charge is 2.63. The second kappa shape index (κ2) is 17.0. The van der Waals surface area contributed by atoms with Crippen molar-refractivity contribution < 1.29 is 64.5 Å². The number of amides is 4. The molecule has 1 aromatic carbocycles. The number of methoxy groups -OCH3 is 2. The minimum Gasteiger partial charge on any atom is -0.497 e. The number of nitrogens with zero attached hydrogens (tertiary/aromatic N) is 2. The maximum absolute atomic E-state index is 14.4. The summed E-state index contributed by atoms with van der Waals surface area (Å²) < 4.78 is 95.4. The number of allylic oxidation sites excluding steroid dienone is 1. The van der Waals surface area contributed by atoms with Gasteiger partial charge in [0, 0.05) is 30.2 Å². The number of halogens is 3. The van der Waals surface area contributed by atoms with Gasteiger partial charge in [-0.05, 0) is 71.1 Å². The highest BCUT2D eigenvalue weighted by atomic mass is 32.2. The molecule has 2 saturated carbocycles. The summed E-state index contributed by atoms with van der Waals surface area (Å²) in [5, 5.41) is 6.04. The SMILES string of the molecule is CC=CC1CC1(NC(=O)C1CC(Oc2ncc(OCCOC)c3cc(OC)ccc23)CN1C(=O)C(NC(=O)OC(C)(C)C(F)(F)F)C(C)C)C(=O)NS(=O)(=O)C1(C)CC1. The Morgan fingerprint density at radius 3 is 2.37 bits per heavy atom. The number of nitrogens with one attached hydrogen (secondary N) is 3. The van der Waals surface area contributed by atoms with Crippen LogP contribution in [0.25, 0.3) is 10.8 Å². The number of fused-ring (bicyclic) bond motifs is 1. The molecule has 5 atom stereocenters. The number of carbonyl (C=O) groups is 4. The summed E-state index contributed by atoms with van der Waals surface area (Å²) in [6.45, 7) is 7.89. The molecular weight excluding hydrogens is 804 g/mol. The van der Waals surface area contributed by atoms with E-state index < -0.39 is 85.9 Å². The predicted molar refractivity (Wildman–Crippen MR) is 207 cm³/mol. The molecule has 1 aliphatic heterocycles. The molecule has 59 heavy (non-hydrogen) atoms. The number of alkyl carbamates (subject to hydrolysis) is 1. The molecule has 1 saturated heterocycles. The number of alkyl halides is 3. The molecule has 20 heteroatoms. The summed E-state index contributed by atoms with van der Waals surface area (Å²) in [5.74, 6) is -2.87. The Morgan fingerprint density at radius 2 is 1.78 bits per heavy atom. The molecule has 2 aliphatic carbocycles. The minimum absolute atomic E-state index is 0.0664. The van der Waals surface area contributed by atoms with Gasteiger partial charge in [0.1, 0.15) is 41.8 Å². The van der Waals surface area contributed by atoms with Crippen molar-refractivity contribution >= 4 is 44.6 Å². The number of benzene rings is 1. The van der Waals surface area contributed by atoms with Gasteiger partial charge < -0.3 is 39.2 Å². The maximum atomic E-state index is 14.4. The molecule has 0 spiro atoms. The lowest BCUT2D eigenvalue weighted by molar-refractivity contribution is -0.244. The van der Waals surface area contributed by atoms with Crippen LogP contribution in [-0.2, 0) is 33.9 Å². The van der Waals surface area contributed by atoms with Crippen LogP contribution in [-0.4, -0.2) is 116 Å². The monoisotopic (exact) mass is 855 g/mol. The van der Waals surface area contributed by atoms with Crippen LogP contribution in [0.15, 0.2) is 36.5 Å². The molecule has 3 aliphatic rings. The molecule has 16 nitrogen and oxygen atoms in total. The van der Waals surface area contributed by atoms with Crippen molar-refractivity contribution in [3.05, 3.63) is 36.5 Å². The van der Waals surface area contributed by atoms with E-state index in [2.05, 4.69) is 25.1 Å². The van der Waals surface area contributed by atoms with Crippen molar-refractivity contribution in [1.82, 2.24) is 25.2 Å². The summed E-state index contributed by atoms with van der Waals surface area (Å²) >= 11 is 0. The van der Waals surface area contributed by atoms with E-state index in [9.17, 15) is 40.8 Å². The van der Waals surface area contributed by atoms with Crippen molar-refractivity contribution in [2.45, 2.75) is 107 Å². The fourth-order valence-electron chi connectivity index (χ4n) is 6.71. The zero-order chi connectivity index (χ0) is 43.7. The number of sulfonamides is 1. The van der Waals surface area contributed by atoms with E-state index in [1.165, 1.54) is 27.3 Å². The number of hydrogen-bond donors (Lipinski definition) is 3. The number of hydrogen-bond acceptors (Lipinski definition) is 12. The molecule has 2 heterocycles. The molecule has 5 rings (SSSR count). The van der Waals surface area contributed by atoms with Crippen LogP contribution in [0.1, 0.15) is 67.2 Å². The van der Waals surface area contributed by atoms with Crippen LogP contribution >= 0.6 is 0 Å². The largest absolute Gasteiger partial charge is 0.497 e. The van der Waals surface area contributed by atoms with Gasteiger partial charge in [0.2, 0.25) is 33.3 Å². The quantitative estimate of drug-likeness (QED) is 0.152. The molecule has 4 amide bonds. The second-order valence-electron chi connectivity index (χ2n) is 16.1. The molecule has 0 radical (unpaired) electrons. The molecule has 2 aromatic rings. The van der Waals surface area contributed by atoms with Crippen LogP contribution in [0, 0.1) is 11.8 Å². The zero-order valence-corrected chi connectivity index (χ0v) is 35.0. The molecule has 326 valence electrons. The highest BCUT2D eigenvalue weighted by Crippen LogP contribution is 2.47. The van der Waals surface area contributed by atoms with Gasteiger partial charge in [-0.3, -0.25) is 19.1 Å². The second-order valence-corrected chi connectivity index (χ2v) is 18.3. The lowest BCUT2D eigenvalue weighted by atomic mass is 10.0. The van der Waals surface area contributed by atoms with Crippen LogP contribution in [0.3, 0.4) is 0 Å².